The molecule has 1 aliphatic rings. The molecule has 0 N–H and O–H groups in total. The lowest BCUT2D eigenvalue weighted by Gasteiger charge is -2.30. The van der Waals surface area contributed by atoms with Crippen LogP contribution in [0, 0.1) is 0 Å². The highest BCUT2D eigenvalue weighted by Gasteiger charge is 2.40. The average molecular weight is 407 g/mol. The molecular formula is C19H38O5SSi. The van der Waals surface area contributed by atoms with Gasteiger partial charge in [0.25, 0.3) is 0 Å². The molecule has 1 fully saturated rings. The Labute approximate surface area is 165 Å². The minimum Gasteiger partial charge on any atom is -0.461 e. The first-order valence-electron chi connectivity index (χ1n) is 10.2. The van der Waals surface area contributed by atoms with Crippen molar-refractivity contribution in [3.63, 3.8) is 0 Å². The lowest BCUT2D eigenvalue weighted by molar-refractivity contribution is -0.152. The van der Waals surface area contributed by atoms with Crippen LogP contribution in [0.25, 0.3) is 0 Å². The van der Waals surface area contributed by atoms with Crippen molar-refractivity contribution in [2.45, 2.75) is 90.0 Å². The largest absolute Gasteiger partial charge is 0.500 e. The lowest BCUT2D eigenvalue weighted by atomic mass is 9.98. The zero-order chi connectivity index (χ0) is 19.5. The highest BCUT2D eigenvalue weighted by Crippen LogP contribution is 2.31. The van der Waals surface area contributed by atoms with E-state index in [1.165, 1.54) is 19.3 Å². The summed E-state index contributed by atoms with van der Waals surface area (Å²) in [6.07, 6.45) is 6.64. The lowest BCUT2D eigenvalue weighted by Crippen LogP contribution is -2.46. The van der Waals surface area contributed by atoms with Gasteiger partial charge in [-0.2, -0.15) is 0 Å². The van der Waals surface area contributed by atoms with Crippen molar-refractivity contribution in [1.82, 2.24) is 0 Å². The van der Waals surface area contributed by atoms with Crippen LogP contribution in [0.1, 0.15) is 73.1 Å². The van der Waals surface area contributed by atoms with Crippen molar-refractivity contribution in [2.75, 3.05) is 25.6 Å². The molecule has 154 valence electrons. The standard InChI is InChI=1S/C19H38O5SSi/c1-6-21-26(22-7-2,23-8-3)16-12-15-25-19(4,5)18(20)24-17-13-10-9-11-14-17/h17H,6-16H2,1-5H3. The van der Waals surface area contributed by atoms with E-state index in [0.717, 1.165) is 31.1 Å². The number of hydrogen-bond acceptors (Lipinski definition) is 6. The summed E-state index contributed by atoms with van der Waals surface area (Å²) in [7, 11) is -2.58. The van der Waals surface area contributed by atoms with Crippen molar-refractivity contribution in [2.24, 2.45) is 0 Å². The molecule has 26 heavy (non-hydrogen) atoms. The first kappa shape index (κ1) is 24.0. The predicted molar refractivity (Wildman–Crippen MR) is 110 cm³/mol. The van der Waals surface area contributed by atoms with Crippen molar-refractivity contribution >= 4 is 26.5 Å². The maximum atomic E-state index is 12.5. The molecule has 0 unspecified atom stereocenters. The van der Waals surface area contributed by atoms with Crippen LogP contribution >= 0.6 is 11.8 Å². The van der Waals surface area contributed by atoms with Gasteiger partial charge in [0.2, 0.25) is 0 Å². The normalized spacial score (nSPS) is 16.7. The topological polar surface area (TPSA) is 54.0 Å². The maximum Gasteiger partial charge on any atom is 0.500 e. The number of thioether (sulfide) groups is 1. The van der Waals surface area contributed by atoms with E-state index in [-0.39, 0.29) is 12.1 Å². The third-order valence-corrected chi connectivity index (χ3v) is 9.03. The van der Waals surface area contributed by atoms with Gasteiger partial charge in [-0.05, 0) is 72.5 Å². The second-order valence-electron chi connectivity index (χ2n) is 7.11. The molecule has 0 atom stereocenters. The number of rotatable bonds is 13. The fraction of sp³-hybridized carbons (Fsp3) is 0.947. The Morgan fingerprint density at radius 3 is 2.04 bits per heavy atom. The summed E-state index contributed by atoms with van der Waals surface area (Å²) in [6.45, 7) is 11.6. The molecule has 0 radical (unpaired) electrons. The molecule has 7 heteroatoms. The molecule has 5 nitrogen and oxygen atoms in total. The van der Waals surface area contributed by atoms with E-state index in [9.17, 15) is 4.79 Å². The average Bonchev–Trinajstić information content (AvgIpc) is 2.60. The Morgan fingerprint density at radius 1 is 1.00 bits per heavy atom. The minimum atomic E-state index is -2.58. The van der Waals surface area contributed by atoms with Crippen LogP contribution in [0.15, 0.2) is 0 Å². The highest BCUT2D eigenvalue weighted by molar-refractivity contribution is 8.01. The first-order valence-corrected chi connectivity index (χ1v) is 13.1. The molecule has 0 spiro atoms. The summed E-state index contributed by atoms with van der Waals surface area (Å²) in [4.78, 5) is 12.5. The Bertz CT molecular complexity index is 382. The van der Waals surface area contributed by atoms with E-state index in [4.69, 9.17) is 18.0 Å². The van der Waals surface area contributed by atoms with Gasteiger partial charge in [0, 0.05) is 25.9 Å². The zero-order valence-electron chi connectivity index (χ0n) is 17.3. The van der Waals surface area contributed by atoms with Crippen LogP contribution in [-0.4, -0.2) is 51.2 Å². The van der Waals surface area contributed by atoms with Crippen LogP contribution in [0.4, 0.5) is 0 Å². The number of ether oxygens (including phenoxy) is 1. The smallest absolute Gasteiger partial charge is 0.461 e. The number of carbonyl (C=O) groups excluding carboxylic acids is 1. The molecule has 0 amide bonds. The second-order valence-corrected chi connectivity index (χ2v) is 11.6. The van der Waals surface area contributed by atoms with E-state index in [2.05, 4.69) is 0 Å². The SMILES string of the molecule is CCO[Si](CCCSC(C)(C)C(=O)OC1CCCCC1)(OCC)OCC. The quantitative estimate of drug-likeness (QED) is 0.248. The van der Waals surface area contributed by atoms with Gasteiger partial charge in [-0.25, -0.2) is 0 Å². The molecule has 0 bridgehead atoms. The van der Waals surface area contributed by atoms with Crippen LogP contribution in [0.5, 0.6) is 0 Å². The molecule has 0 saturated heterocycles. The predicted octanol–water partition coefficient (Wildman–Crippen LogP) is 4.81. The molecule has 1 saturated carbocycles. The Morgan fingerprint density at radius 2 is 1.54 bits per heavy atom. The third-order valence-electron chi connectivity index (χ3n) is 4.50. The second kappa shape index (κ2) is 12.4. The van der Waals surface area contributed by atoms with Gasteiger partial charge in [0.1, 0.15) is 10.9 Å². The molecule has 1 rings (SSSR count). The summed E-state index contributed by atoms with van der Waals surface area (Å²) in [6, 6.07) is 0.781. The van der Waals surface area contributed by atoms with Crippen LogP contribution in [0.2, 0.25) is 6.04 Å². The Hall–Kier alpha value is -0.0831. The minimum absolute atomic E-state index is 0.0858. The van der Waals surface area contributed by atoms with E-state index in [0.29, 0.717) is 19.8 Å². The molecule has 0 aromatic carbocycles. The monoisotopic (exact) mass is 406 g/mol. The van der Waals surface area contributed by atoms with Crippen molar-refractivity contribution < 1.29 is 22.8 Å². The number of esters is 1. The fourth-order valence-corrected chi connectivity index (χ4v) is 6.99. The van der Waals surface area contributed by atoms with E-state index in [1.54, 1.807) is 11.8 Å². The molecule has 0 heterocycles. The summed E-state index contributed by atoms with van der Waals surface area (Å²) in [5.41, 5.74) is 0. The van der Waals surface area contributed by atoms with Crippen molar-refractivity contribution in [3.8, 4) is 0 Å². The summed E-state index contributed by atoms with van der Waals surface area (Å²) >= 11 is 1.65. The summed E-state index contributed by atoms with van der Waals surface area (Å²) < 4.78 is 22.9. The summed E-state index contributed by atoms with van der Waals surface area (Å²) in [5, 5.41) is 0. The van der Waals surface area contributed by atoms with Gasteiger partial charge < -0.3 is 18.0 Å². The number of carbonyl (C=O) groups is 1. The van der Waals surface area contributed by atoms with E-state index < -0.39 is 13.6 Å². The van der Waals surface area contributed by atoms with Gasteiger partial charge in [0.05, 0.1) is 0 Å². The van der Waals surface area contributed by atoms with E-state index in [1.807, 2.05) is 34.6 Å². The Kier molecular flexibility index (Phi) is 11.4. The highest BCUT2D eigenvalue weighted by atomic mass is 32.2. The van der Waals surface area contributed by atoms with Gasteiger partial charge in [-0.3, -0.25) is 4.79 Å². The zero-order valence-corrected chi connectivity index (χ0v) is 19.1. The number of hydrogen-bond donors (Lipinski definition) is 0. The van der Waals surface area contributed by atoms with Crippen LogP contribution in [-0.2, 0) is 22.8 Å². The molecule has 0 aliphatic heterocycles. The van der Waals surface area contributed by atoms with Gasteiger partial charge in [-0.1, -0.05) is 6.42 Å². The van der Waals surface area contributed by atoms with Gasteiger partial charge in [-0.15, -0.1) is 11.8 Å². The van der Waals surface area contributed by atoms with Crippen LogP contribution in [0.3, 0.4) is 0 Å². The van der Waals surface area contributed by atoms with E-state index >= 15 is 0 Å². The molecule has 1 aliphatic carbocycles. The van der Waals surface area contributed by atoms with Crippen molar-refractivity contribution in [1.29, 1.82) is 0 Å². The third kappa shape index (κ3) is 8.29. The maximum absolute atomic E-state index is 12.5. The van der Waals surface area contributed by atoms with Gasteiger partial charge in [0.15, 0.2) is 0 Å². The molecule has 0 aromatic heterocycles. The molecule has 0 aromatic rings. The summed E-state index contributed by atoms with van der Waals surface area (Å²) in [5.74, 6) is 0.770. The first-order chi connectivity index (χ1) is 12.4. The molecular weight excluding hydrogens is 368 g/mol. The Balaban J connectivity index is 2.43. The van der Waals surface area contributed by atoms with Gasteiger partial charge >= 0.3 is 14.8 Å². The fourth-order valence-electron chi connectivity index (χ4n) is 3.15. The van der Waals surface area contributed by atoms with Crippen LogP contribution < -0.4 is 0 Å². The van der Waals surface area contributed by atoms with Crippen molar-refractivity contribution in [3.05, 3.63) is 0 Å².